The molecule has 10 rings (SSSR count). The summed E-state index contributed by atoms with van der Waals surface area (Å²) in [6.07, 6.45) is 21.4. The van der Waals surface area contributed by atoms with Crippen LogP contribution < -0.4 is 5.32 Å². The molecule has 826 valence electrons. The van der Waals surface area contributed by atoms with E-state index in [0.717, 1.165) is 120 Å². The molecule has 3 aromatic carbocycles. The van der Waals surface area contributed by atoms with E-state index in [1.807, 2.05) is 127 Å². The van der Waals surface area contributed by atoms with Crippen LogP contribution in [0.3, 0.4) is 0 Å². The van der Waals surface area contributed by atoms with Crippen LogP contribution in [0.4, 0.5) is 14.4 Å². The topological polar surface area (TPSA) is 222 Å². The molecular formula is C121H206N16O8Si2. The Hall–Kier alpha value is -9.94. The fourth-order valence-corrected chi connectivity index (χ4v) is 20.2. The zero-order chi connectivity index (χ0) is 111. The molecule has 4 aromatic rings. The number of carbonyl (C=O) groups excluding carboxylic acids is 5. The third kappa shape index (κ3) is 77.1. The van der Waals surface area contributed by atoms with Gasteiger partial charge in [-0.15, -0.1) is 6.58 Å². The van der Waals surface area contributed by atoms with E-state index in [-0.39, 0.29) is 47.0 Å². The van der Waals surface area contributed by atoms with Gasteiger partial charge in [-0.1, -0.05) is 284 Å². The molecule has 0 spiro atoms. The molecular weight excluding hydrogens is 1860 g/mol. The van der Waals surface area contributed by atoms with Crippen LogP contribution in [0, 0.1) is 0 Å². The molecule has 5 amide bonds. The second-order valence-electron chi connectivity index (χ2n) is 43.9. The molecule has 26 heteroatoms. The molecule has 1 N–H and O–H groups in total. The molecule has 0 saturated carbocycles. The number of likely N-dealkylation sites (tertiary alicyclic amines) is 1. The Morgan fingerprint density at radius 1 is 0.449 bits per heavy atom. The van der Waals surface area contributed by atoms with Gasteiger partial charge in [-0.2, -0.15) is 0 Å². The summed E-state index contributed by atoms with van der Waals surface area (Å²) in [5.74, 6) is -0.447. The largest absolute Gasteiger partial charge is 0.444 e. The predicted octanol–water partition coefficient (Wildman–Crippen LogP) is 26.5. The van der Waals surface area contributed by atoms with Gasteiger partial charge >= 0.3 is 18.3 Å². The summed E-state index contributed by atoms with van der Waals surface area (Å²) in [6, 6.07) is 33.8. The standard InChI is InChI=1S/C18H21N.C14H26N2O2.C12H11NO2.2C11H21NO2.C11H27NSi2.C10H20N2.C10H19N.C9H18N2.C5H5N.C5H6.C4H7N3.CH4/c1-16(2)13-19(14-17-9-5-3-6-10-17)15-18-11-7-4-8-12-18;1-12(2)11-15-7-6-8-16(10-9-15)13(17)18-14(3,4)5;1-8(2)7-13-11(14)9-5-3-4-6-10(9)12(13)15;2*1-7-12(8-9(2)3)10(13)14-11(4,5)6;1-10(2)9-12(14(6,7)8)11(3,4)13-5;1-10(2)9-12-6-4-5-11(3)7-8-12;1-10(2)9-11-7-5-3-4-6-8-11;1-9(2)8-11-6-3-4-10-5-7-11;1-2-4-6-5-3-1;1-2-4-5-3-1;1-4(2)3-6-7-5;/h3-12H,1,13-15H2,2H3;1,6-11H2,2-5H3;3-6H,1,7H2,2H3;2*2,7-8H2,1,3-6H3;1,9,13H2,2-8H3;1,4-9H2,2-3H3;1,3-9H2,2H3;10H,1,3-8H2,2H3;1-5H;1-4H,5H2;1,3H2,2H3;1H4. The van der Waals surface area contributed by atoms with Gasteiger partial charge in [-0.25, -0.2) is 14.4 Å². The molecule has 6 aliphatic rings. The van der Waals surface area contributed by atoms with E-state index in [1.165, 1.54) is 147 Å². The van der Waals surface area contributed by atoms with Gasteiger partial charge in [0.2, 0.25) is 0 Å². The normalized spacial score (nSPS) is 14.8. The first-order valence-electron chi connectivity index (χ1n) is 52.7. The molecule has 24 nitrogen and oxygen atoms in total. The minimum absolute atomic E-state index is 0. The zero-order valence-electron chi connectivity index (χ0n) is 97.0. The van der Waals surface area contributed by atoms with Crippen LogP contribution in [-0.4, -0.2) is 306 Å². The van der Waals surface area contributed by atoms with Crippen LogP contribution in [0.15, 0.2) is 266 Å². The van der Waals surface area contributed by atoms with E-state index < -0.39 is 25.0 Å². The summed E-state index contributed by atoms with van der Waals surface area (Å²) >= 11 is 0. The number of rotatable bonds is 29. The summed E-state index contributed by atoms with van der Waals surface area (Å²) in [4.78, 5) is 86.0. The number of azide groups is 1. The molecule has 0 radical (unpaired) electrons. The second kappa shape index (κ2) is 79.2. The van der Waals surface area contributed by atoms with Crippen LogP contribution in [0.5, 0.6) is 0 Å². The van der Waals surface area contributed by atoms with Gasteiger partial charge in [-0.05, 0) is 276 Å². The molecule has 147 heavy (non-hydrogen) atoms. The number of pyridine rings is 1. The number of allylic oxidation sites excluding steroid dienone is 4. The fraction of sp³-hybridized carbons (Fsp3) is 0.570. The molecule has 0 atom stereocenters. The van der Waals surface area contributed by atoms with Gasteiger partial charge in [0.1, 0.15) is 25.0 Å². The molecule has 0 unspecified atom stereocenters. The zero-order valence-corrected chi connectivity index (χ0v) is 99.4. The highest BCUT2D eigenvalue weighted by Gasteiger charge is 2.36. The van der Waals surface area contributed by atoms with Crippen molar-refractivity contribution in [2.75, 3.05) is 177 Å². The summed E-state index contributed by atoms with van der Waals surface area (Å²) in [5.41, 5.74) is 21.2. The number of aromatic nitrogens is 1. The third-order valence-corrected chi connectivity index (χ3v) is 26.7. The Morgan fingerprint density at radius 3 is 1.16 bits per heavy atom. The molecule has 5 aliphatic heterocycles. The average molecular weight is 2070 g/mol. The van der Waals surface area contributed by atoms with Crippen LogP contribution in [0.1, 0.15) is 250 Å². The van der Waals surface area contributed by atoms with Gasteiger partial charge in [0.25, 0.3) is 11.8 Å². The van der Waals surface area contributed by atoms with Crippen molar-refractivity contribution < 1.29 is 38.2 Å². The van der Waals surface area contributed by atoms with Gasteiger partial charge < -0.3 is 43.7 Å². The smallest absolute Gasteiger partial charge is 0.410 e. The lowest BCUT2D eigenvalue weighted by Crippen LogP contribution is -2.59. The number of likely N-dealkylation sites (N-methyl/N-ethyl adjacent to an activating group) is 3. The van der Waals surface area contributed by atoms with Crippen LogP contribution >= 0.6 is 0 Å². The number of fused-ring (bicyclic) bond motifs is 1. The second-order valence-corrected chi connectivity index (χ2v) is 51.3. The van der Waals surface area contributed by atoms with Crippen molar-refractivity contribution in [3.63, 3.8) is 0 Å². The summed E-state index contributed by atoms with van der Waals surface area (Å²) in [6.45, 7) is 121. The minimum atomic E-state index is -1.20. The van der Waals surface area contributed by atoms with Crippen molar-refractivity contribution in [3.05, 3.63) is 294 Å². The maximum atomic E-state index is 12.0. The van der Waals surface area contributed by atoms with Crippen molar-refractivity contribution in [3.8, 4) is 0 Å². The number of imide groups is 1. The quantitative estimate of drug-likeness (QED) is 0.0101. The Bertz CT molecular complexity index is 4390. The molecule has 4 saturated heterocycles. The number of benzene rings is 3. The monoisotopic (exact) mass is 2070 g/mol. The molecule has 0 bridgehead atoms. The molecule has 1 aliphatic carbocycles. The lowest BCUT2D eigenvalue weighted by molar-refractivity contribution is 0.0252. The van der Waals surface area contributed by atoms with Crippen molar-refractivity contribution in [1.82, 2.24) is 63.9 Å². The Kier molecular flexibility index (Phi) is 76.0. The van der Waals surface area contributed by atoms with Crippen LogP contribution in [0.2, 0.25) is 26.2 Å². The van der Waals surface area contributed by atoms with Crippen LogP contribution in [-0.2, 0) is 27.3 Å². The van der Waals surface area contributed by atoms with Gasteiger partial charge in [-0.3, -0.25) is 44.0 Å². The molecule has 4 fully saturated rings. The minimum Gasteiger partial charge on any atom is -0.444 e. The Morgan fingerprint density at radius 2 is 0.823 bits per heavy atom. The first-order chi connectivity index (χ1) is 68.3. The lowest BCUT2D eigenvalue weighted by atomic mass is 10.1. The highest BCUT2D eigenvalue weighted by molar-refractivity contribution is 6.74. The number of ether oxygens (including phenoxy) is 3. The number of hydrogen-bond donors (Lipinski definition) is 1. The lowest BCUT2D eigenvalue weighted by Gasteiger charge is -2.46. The van der Waals surface area contributed by atoms with E-state index in [1.54, 1.807) is 53.4 Å². The molecule has 6 heterocycles. The van der Waals surface area contributed by atoms with E-state index in [9.17, 15) is 24.0 Å². The summed E-state index contributed by atoms with van der Waals surface area (Å²) in [7, 11) is 0.991. The highest BCUT2D eigenvalue weighted by Crippen LogP contribution is 2.26. The number of amides is 5. The number of nitrogens with zero attached hydrogens (tertiary/aromatic N) is 15. The number of carbonyl (C=O) groups is 5. The maximum absolute atomic E-state index is 12.0. The highest BCUT2D eigenvalue weighted by atomic mass is 28.3. The van der Waals surface area contributed by atoms with E-state index >= 15 is 0 Å². The third-order valence-electron chi connectivity index (χ3n) is 21.9. The van der Waals surface area contributed by atoms with Crippen molar-refractivity contribution >= 4 is 47.8 Å². The van der Waals surface area contributed by atoms with Gasteiger partial charge in [0.15, 0.2) is 0 Å². The van der Waals surface area contributed by atoms with Gasteiger partial charge in [0, 0.05) is 171 Å². The maximum Gasteiger partial charge on any atom is 0.410 e. The Balaban J connectivity index is -0.00000156. The first kappa shape index (κ1) is 141. The summed E-state index contributed by atoms with van der Waals surface area (Å²) in [5, 5.41) is 7.08. The van der Waals surface area contributed by atoms with E-state index in [4.69, 9.17) is 19.7 Å². The van der Waals surface area contributed by atoms with Crippen molar-refractivity contribution in [2.24, 2.45) is 5.11 Å². The van der Waals surface area contributed by atoms with Crippen LogP contribution in [0.25, 0.3) is 10.4 Å². The SMILES string of the molecule is C.C1=CCC=C1.C=C(C)CN(C(C)(C)[SiH2]C)[Si](C)(C)C.C=C(C)CN(CC)C(=O)OC(C)(C)C.C=C(C)CN(CC)C(=O)OC(C)(C)C.C=C(C)CN(Cc1ccccc1)Cc1ccccc1.C=C(C)CN1C(=O)c2ccccc2C1=O.C=C(C)CN1CCCCCC1.C=C(C)CN1CCCN(C(=O)OC(C)(C)C)CC1.C=C(C)CN1CCCN(C)CC1.C=C(C)CN1CCCNCC1.C=C(C)CN=[N+]=[N-].c1ccncc1. The average Bonchev–Trinajstić information content (AvgIpc) is 1.65. The number of hydrogen-bond acceptors (Lipinski definition) is 18. The van der Waals surface area contributed by atoms with E-state index in [2.05, 4.69) is 287 Å². The fourth-order valence-electron chi connectivity index (χ4n) is 15.3. The summed E-state index contributed by atoms with van der Waals surface area (Å²) < 4.78 is 18.6. The Labute approximate surface area is 900 Å². The predicted molar refractivity (Wildman–Crippen MR) is 637 cm³/mol. The first-order valence-corrected chi connectivity index (χ1v) is 58.2. The van der Waals surface area contributed by atoms with Crippen molar-refractivity contribution in [1.29, 1.82) is 0 Å². The molecule has 1 aromatic heterocycles. The van der Waals surface area contributed by atoms with Crippen molar-refractivity contribution in [2.45, 2.75) is 279 Å². The number of nitrogens with one attached hydrogen (secondary N) is 1. The van der Waals surface area contributed by atoms with Gasteiger partial charge in [0.05, 0.1) is 11.1 Å². The van der Waals surface area contributed by atoms with E-state index in [0.29, 0.717) is 55.6 Å².